The molecule has 1 aliphatic carbocycles. The van der Waals surface area contributed by atoms with Crippen LogP contribution in [0.1, 0.15) is 29.3 Å². The van der Waals surface area contributed by atoms with Crippen LogP contribution in [0.5, 0.6) is 0 Å². The van der Waals surface area contributed by atoms with E-state index in [0.29, 0.717) is 4.88 Å². The molecule has 0 aromatic carbocycles. The first kappa shape index (κ1) is 9.98. The minimum absolute atomic E-state index is 0.259. The topological polar surface area (TPSA) is 26.0 Å². The number of nitrogens with two attached hydrogens (primary N) is 1. The molecule has 0 aliphatic heterocycles. The molecule has 2 N–H and O–H groups in total. The molecule has 0 radical (unpaired) electrons. The van der Waals surface area contributed by atoms with Crippen LogP contribution in [0.25, 0.3) is 0 Å². The van der Waals surface area contributed by atoms with E-state index in [1.54, 1.807) is 0 Å². The van der Waals surface area contributed by atoms with Gasteiger partial charge in [-0.25, -0.2) is 0 Å². The molecule has 1 saturated carbocycles. The van der Waals surface area contributed by atoms with Gasteiger partial charge in [-0.1, -0.05) is 0 Å². The molecule has 1 aliphatic rings. The van der Waals surface area contributed by atoms with Crippen LogP contribution in [0.2, 0.25) is 0 Å². The molecule has 2 rings (SSSR count). The lowest BCUT2D eigenvalue weighted by Crippen LogP contribution is -2.16. The molecule has 0 amide bonds. The fourth-order valence-corrected chi connectivity index (χ4v) is 2.49. The third kappa shape index (κ3) is 1.79. The first-order chi connectivity index (χ1) is 6.50. The average molecular weight is 221 g/mol. The first-order valence-electron chi connectivity index (χ1n) is 4.40. The summed E-state index contributed by atoms with van der Waals surface area (Å²) in [5.41, 5.74) is 5.20. The van der Waals surface area contributed by atoms with Crippen molar-refractivity contribution in [3.8, 4) is 0 Å². The van der Waals surface area contributed by atoms with E-state index in [9.17, 15) is 13.2 Å². The molecule has 14 heavy (non-hydrogen) atoms. The van der Waals surface area contributed by atoms with Crippen LogP contribution in [0.4, 0.5) is 13.2 Å². The smallest absolute Gasteiger partial charge is 0.323 e. The molecule has 1 aromatic heterocycles. The van der Waals surface area contributed by atoms with E-state index < -0.39 is 17.8 Å². The summed E-state index contributed by atoms with van der Waals surface area (Å²) < 4.78 is 37.4. The van der Waals surface area contributed by atoms with Gasteiger partial charge in [0.05, 0.1) is 5.56 Å². The Morgan fingerprint density at radius 3 is 2.57 bits per heavy atom. The number of alkyl halides is 3. The van der Waals surface area contributed by atoms with Gasteiger partial charge in [-0.3, -0.25) is 0 Å². The standard InChI is InChI=1S/C9H10F3NS/c10-9(11,12)6-3-4-14-8(6)7(13)5-1-2-5/h3-5,7H,1-2,13H2/t7-/m0/s1. The van der Waals surface area contributed by atoms with Gasteiger partial charge in [0.15, 0.2) is 0 Å². The minimum Gasteiger partial charge on any atom is -0.323 e. The van der Waals surface area contributed by atoms with Crippen LogP contribution >= 0.6 is 11.3 Å². The zero-order valence-corrected chi connectivity index (χ0v) is 8.16. The molecule has 78 valence electrons. The third-order valence-electron chi connectivity index (χ3n) is 2.43. The Bertz CT molecular complexity index is 327. The molecule has 1 aromatic rings. The van der Waals surface area contributed by atoms with Crippen molar-refractivity contribution in [1.82, 2.24) is 0 Å². The molecule has 0 spiro atoms. The molecule has 0 bridgehead atoms. The maximum Gasteiger partial charge on any atom is 0.417 e. The highest BCUT2D eigenvalue weighted by molar-refractivity contribution is 7.10. The van der Waals surface area contributed by atoms with Crippen LogP contribution in [-0.4, -0.2) is 0 Å². The molecular formula is C9H10F3NS. The van der Waals surface area contributed by atoms with Gasteiger partial charge >= 0.3 is 6.18 Å². The Hall–Kier alpha value is -0.550. The van der Waals surface area contributed by atoms with E-state index in [-0.39, 0.29) is 5.92 Å². The number of halogens is 3. The SMILES string of the molecule is N[C@H](c1sccc1C(F)(F)F)C1CC1. The fourth-order valence-electron chi connectivity index (χ4n) is 1.48. The maximum atomic E-state index is 12.5. The van der Waals surface area contributed by atoms with E-state index in [4.69, 9.17) is 5.73 Å². The van der Waals surface area contributed by atoms with Gasteiger partial charge in [0.1, 0.15) is 0 Å². The van der Waals surface area contributed by atoms with Crippen molar-refractivity contribution in [2.24, 2.45) is 11.7 Å². The van der Waals surface area contributed by atoms with E-state index >= 15 is 0 Å². The predicted molar refractivity (Wildman–Crippen MR) is 49.0 cm³/mol. The Labute approximate surface area is 83.7 Å². The normalized spacial score (nSPS) is 19.7. The lowest BCUT2D eigenvalue weighted by molar-refractivity contribution is -0.138. The van der Waals surface area contributed by atoms with Crippen molar-refractivity contribution in [2.75, 3.05) is 0 Å². The predicted octanol–water partition coefficient (Wildman–Crippen LogP) is 3.18. The number of hydrogen-bond acceptors (Lipinski definition) is 2. The second kappa shape index (κ2) is 3.24. The van der Waals surface area contributed by atoms with Crippen LogP contribution in [0, 0.1) is 5.92 Å². The zero-order chi connectivity index (χ0) is 10.3. The van der Waals surface area contributed by atoms with E-state index in [0.717, 1.165) is 30.2 Å². The van der Waals surface area contributed by atoms with Crippen molar-refractivity contribution in [3.63, 3.8) is 0 Å². The van der Waals surface area contributed by atoms with Crippen LogP contribution in [-0.2, 0) is 6.18 Å². The van der Waals surface area contributed by atoms with Crippen molar-refractivity contribution in [1.29, 1.82) is 0 Å². The summed E-state index contributed by atoms with van der Waals surface area (Å²) in [6, 6.07) is 0.689. The lowest BCUT2D eigenvalue weighted by atomic mass is 10.1. The Kier molecular flexibility index (Phi) is 2.31. The Morgan fingerprint density at radius 2 is 2.07 bits per heavy atom. The van der Waals surface area contributed by atoms with Crippen LogP contribution in [0.3, 0.4) is 0 Å². The molecule has 1 atom stereocenters. The number of rotatable bonds is 2. The van der Waals surface area contributed by atoms with Gasteiger partial charge in [0.25, 0.3) is 0 Å². The molecule has 1 nitrogen and oxygen atoms in total. The van der Waals surface area contributed by atoms with E-state index in [2.05, 4.69) is 0 Å². The van der Waals surface area contributed by atoms with Gasteiger partial charge in [-0.2, -0.15) is 13.2 Å². The summed E-state index contributed by atoms with van der Waals surface area (Å²) in [5, 5.41) is 1.46. The van der Waals surface area contributed by atoms with Gasteiger partial charge in [0.2, 0.25) is 0 Å². The molecule has 5 heteroatoms. The van der Waals surface area contributed by atoms with Crippen LogP contribution < -0.4 is 5.73 Å². The monoisotopic (exact) mass is 221 g/mol. The van der Waals surface area contributed by atoms with Crippen LogP contribution in [0.15, 0.2) is 11.4 Å². The highest BCUT2D eigenvalue weighted by Crippen LogP contribution is 2.45. The first-order valence-corrected chi connectivity index (χ1v) is 5.28. The number of thiophene rings is 1. The van der Waals surface area contributed by atoms with Gasteiger partial charge in [0, 0.05) is 10.9 Å². The summed E-state index contributed by atoms with van der Waals surface area (Å²) in [4.78, 5) is 0.292. The summed E-state index contributed by atoms with van der Waals surface area (Å²) in [6.07, 6.45) is -2.35. The largest absolute Gasteiger partial charge is 0.417 e. The van der Waals surface area contributed by atoms with Crippen molar-refractivity contribution in [2.45, 2.75) is 25.1 Å². The van der Waals surface area contributed by atoms with Gasteiger partial charge < -0.3 is 5.73 Å². The highest BCUT2D eigenvalue weighted by atomic mass is 32.1. The summed E-state index contributed by atoms with van der Waals surface area (Å²) >= 11 is 1.11. The number of hydrogen-bond donors (Lipinski definition) is 1. The van der Waals surface area contributed by atoms with Gasteiger partial charge in [-0.05, 0) is 30.2 Å². The molecule has 0 unspecified atom stereocenters. The summed E-state index contributed by atoms with van der Waals surface area (Å²) in [6.45, 7) is 0. The van der Waals surface area contributed by atoms with Crippen molar-refractivity contribution in [3.05, 3.63) is 21.9 Å². The summed E-state index contributed by atoms with van der Waals surface area (Å²) in [7, 11) is 0. The molecule has 0 saturated heterocycles. The van der Waals surface area contributed by atoms with E-state index in [1.807, 2.05) is 0 Å². The van der Waals surface area contributed by atoms with E-state index in [1.165, 1.54) is 5.38 Å². The Morgan fingerprint density at radius 1 is 1.43 bits per heavy atom. The minimum atomic E-state index is -4.26. The molecule has 1 fully saturated rings. The lowest BCUT2D eigenvalue weighted by Gasteiger charge is -2.13. The fraction of sp³-hybridized carbons (Fsp3) is 0.556. The van der Waals surface area contributed by atoms with Gasteiger partial charge in [-0.15, -0.1) is 11.3 Å². The molecule has 1 heterocycles. The van der Waals surface area contributed by atoms with Crippen molar-refractivity contribution < 1.29 is 13.2 Å². The zero-order valence-electron chi connectivity index (χ0n) is 7.34. The Balaban J connectivity index is 2.28. The summed E-state index contributed by atoms with van der Waals surface area (Å²) in [5.74, 6) is 0.259. The second-order valence-electron chi connectivity index (χ2n) is 3.56. The third-order valence-corrected chi connectivity index (χ3v) is 3.45. The average Bonchev–Trinajstić information content (AvgIpc) is 2.78. The highest BCUT2D eigenvalue weighted by Gasteiger charge is 2.39. The maximum absolute atomic E-state index is 12.5. The second-order valence-corrected chi connectivity index (χ2v) is 4.51. The quantitative estimate of drug-likeness (QED) is 0.815. The molecular weight excluding hydrogens is 211 g/mol. The van der Waals surface area contributed by atoms with Crippen molar-refractivity contribution >= 4 is 11.3 Å².